The maximum absolute atomic E-state index is 11.1. The molecule has 1 rings (SSSR count). The first kappa shape index (κ1) is 15.6. The number of carboxylic acid groups (broad SMARTS) is 1. The van der Waals surface area contributed by atoms with Gasteiger partial charge in [-0.2, -0.15) is 0 Å². The van der Waals surface area contributed by atoms with Gasteiger partial charge in [-0.3, -0.25) is 10.1 Å². The Kier molecular flexibility index (Phi) is 5.60. The van der Waals surface area contributed by atoms with Crippen LogP contribution in [0.4, 0.5) is 11.5 Å². The van der Waals surface area contributed by atoms with Crippen molar-refractivity contribution in [3.63, 3.8) is 0 Å². The number of pyridine rings is 1. The Balaban J connectivity index is 3.16. The van der Waals surface area contributed by atoms with Crippen molar-refractivity contribution in [3.8, 4) is 0 Å². The van der Waals surface area contributed by atoms with Crippen LogP contribution in [0.5, 0.6) is 0 Å². The number of carboxylic acids is 1. The van der Waals surface area contributed by atoms with Crippen LogP contribution >= 0.6 is 0 Å². The number of hydrogen-bond acceptors (Lipinski definition) is 6. The molecular weight excluding hydrogens is 266 g/mol. The molecule has 1 aromatic rings. The van der Waals surface area contributed by atoms with Crippen LogP contribution in [-0.2, 0) is 4.74 Å². The van der Waals surface area contributed by atoms with Crippen LogP contribution in [0, 0.1) is 10.1 Å². The zero-order valence-electron chi connectivity index (χ0n) is 11.0. The van der Waals surface area contributed by atoms with Crippen LogP contribution in [0.3, 0.4) is 0 Å². The van der Waals surface area contributed by atoms with Crippen LogP contribution < -0.4 is 4.90 Å². The van der Waals surface area contributed by atoms with Crippen molar-refractivity contribution in [2.45, 2.75) is 0 Å². The maximum Gasteiger partial charge on any atom is 0.342 e. The first-order chi connectivity index (χ1) is 9.51. The van der Waals surface area contributed by atoms with E-state index in [1.807, 2.05) is 0 Å². The van der Waals surface area contributed by atoms with E-state index in [1.165, 1.54) is 13.2 Å². The summed E-state index contributed by atoms with van der Waals surface area (Å²) in [5, 5.41) is 19.8. The number of hydrogen-bond donors (Lipinski definition) is 1. The van der Waals surface area contributed by atoms with Crippen molar-refractivity contribution in [2.75, 3.05) is 31.7 Å². The van der Waals surface area contributed by atoms with Crippen LogP contribution in [-0.4, -0.2) is 47.8 Å². The molecule has 0 bridgehead atoms. The standard InChI is InChI=1S/C12H15N3O5/c1-3-4-14(5-6-20-2)11-7-9(12(16)17)10(8-13-11)15(18)19/h3,7-8H,1,4-6H2,2H3,(H,16,17). The predicted octanol–water partition coefficient (Wildman–Crippen LogP) is 1.33. The summed E-state index contributed by atoms with van der Waals surface area (Å²) in [5.74, 6) is -1.05. The van der Waals surface area contributed by atoms with Crippen LogP contribution in [0.1, 0.15) is 10.4 Å². The molecule has 1 aromatic heterocycles. The Morgan fingerprint density at radius 1 is 1.70 bits per heavy atom. The lowest BCUT2D eigenvalue weighted by Gasteiger charge is -2.21. The minimum atomic E-state index is -1.37. The van der Waals surface area contributed by atoms with Crippen molar-refractivity contribution < 1.29 is 19.6 Å². The third-order valence-corrected chi connectivity index (χ3v) is 2.53. The van der Waals surface area contributed by atoms with Crippen LogP contribution in [0.15, 0.2) is 24.9 Å². The largest absolute Gasteiger partial charge is 0.477 e. The van der Waals surface area contributed by atoms with Crippen molar-refractivity contribution in [2.24, 2.45) is 0 Å². The number of nitro groups is 1. The molecule has 8 heteroatoms. The highest BCUT2D eigenvalue weighted by Gasteiger charge is 2.22. The second kappa shape index (κ2) is 7.19. The Hall–Kier alpha value is -2.48. The Morgan fingerprint density at radius 3 is 2.90 bits per heavy atom. The quantitative estimate of drug-likeness (QED) is 0.435. The van der Waals surface area contributed by atoms with Gasteiger partial charge in [-0.05, 0) is 0 Å². The molecule has 0 amide bonds. The van der Waals surface area contributed by atoms with Crippen molar-refractivity contribution in [3.05, 3.63) is 40.6 Å². The summed E-state index contributed by atoms with van der Waals surface area (Å²) in [7, 11) is 1.54. The first-order valence-electron chi connectivity index (χ1n) is 5.73. The number of rotatable bonds is 8. The fourth-order valence-corrected chi connectivity index (χ4v) is 1.58. The average Bonchev–Trinajstić information content (AvgIpc) is 2.42. The maximum atomic E-state index is 11.1. The van der Waals surface area contributed by atoms with Gasteiger partial charge in [-0.15, -0.1) is 6.58 Å². The molecule has 0 radical (unpaired) electrons. The molecule has 0 aromatic carbocycles. The number of aromatic carboxylic acids is 1. The van der Waals surface area contributed by atoms with Gasteiger partial charge in [0.05, 0.1) is 11.5 Å². The van der Waals surface area contributed by atoms with Gasteiger partial charge in [0.25, 0.3) is 0 Å². The van der Waals surface area contributed by atoms with Gasteiger partial charge >= 0.3 is 11.7 Å². The molecule has 1 heterocycles. The van der Waals surface area contributed by atoms with Gasteiger partial charge in [0.15, 0.2) is 0 Å². The SMILES string of the molecule is C=CCN(CCOC)c1cc(C(=O)O)c([N+](=O)[O-])cn1. The van der Waals surface area contributed by atoms with E-state index >= 15 is 0 Å². The van der Waals surface area contributed by atoms with Gasteiger partial charge in [-0.1, -0.05) is 6.08 Å². The molecule has 8 nitrogen and oxygen atoms in total. The van der Waals surface area contributed by atoms with E-state index in [0.29, 0.717) is 25.5 Å². The Bertz CT molecular complexity index is 518. The monoisotopic (exact) mass is 281 g/mol. The molecule has 0 unspecified atom stereocenters. The van der Waals surface area contributed by atoms with Gasteiger partial charge in [0, 0.05) is 26.3 Å². The summed E-state index contributed by atoms with van der Waals surface area (Å²) in [6.07, 6.45) is 2.57. The molecule has 0 saturated carbocycles. The van der Waals surface area contributed by atoms with E-state index in [4.69, 9.17) is 9.84 Å². The zero-order chi connectivity index (χ0) is 15.1. The summed E-state index contributed by atoms with van der Waals surface area (Å²) < 4.78 is 4.95. The minimum Gasteiger partial charge on any atom is -0.477 e. The third kappa shape index (κ3) is 3.75. The molecule has 0 fully saturated rings. The number of aromatic nitrogens is 1. The summed E-state index contributed by atoms with van der Waals surface area (Å²) in [4.78, 5) is 26.7. The summed E-state index contributed by atoms with van der Waals surface area (Å²) >= 11 is 0. The molecule has 0 aliphatic rings. The lowest BCUT2D eigenvalue weighted by Crippen LogP contribution is -2.28. The second-order valence-electron chi connectivity index (χ2n) is 3.85. The normalized spacial score (nSPS) is 10.1. The fourth-order valence-electron chi connectivity index (χ4n) is 1.58. The van der Waals surface area contributed by atoms with E-state index in [1.54, 1.807) is 11.0 Å². The summed E-state index contributed by atoms with van der Waals surface area (Å²) in [6.45, 7) is 4.90. The Labute approximate surface area is 115 Å². The number of carbonyl (C=O) groups is 1. The zero-order valence-corrected chi connectivity index (χ0v) is 11.0. The second-order valence-corrected chi connectivity index (χ2v) is 3.85. The highest BCUT2D eigenvalue weighted by molar-refractivity contribution is 5.93. The van der Waals surface area contributed by atoms with E-state index in [0.717, 1.165) is 6.20 Å². The highest BCUT2D eigenvalue weighted by atomic mass is 16.6. The van der Waals surface area contributed by atoms with Crippen LogP contribution in [0.2, 0.25) is 0 Å². The molecule has 0 atom stereocenters. The molecule has 0 aliphatic heterocycles. The fraction of sp³-hybridized carbons (Fsp3) is 0.333. The van der Waals surface area contributed by atoms with Gasteiger partial charge in [-0.25, -0.2) is 9.78 Å². The summed E-state index contributed by atoms with van der Waals surface area (Å²) in [5.41, 5.74) is -0.932. The van der Waals surface area contributed by atoms with E-state index in [2.05, 4.69) is 11.6 Å². The lowest BCUT2D eigenvalue weighted by molar-refractivity contribution is -0.385. The molecule has 0 spiro atoms. The number of nitrogens with zero attached hydrogens (tertiary/aromatic N) is 3. The van der Waals surface area contributed by atoms with Gasteiger partial charge in [0.1, 0.15) is 17.6 Å². The third-order valence-electron chi connectivity index (χ3n) is 2.53. The topological polar surface area (TPSA) is 106 Å². The number of methoxy groups -OCH3 is 1. The minimum absolute atomic E-state index is 0.324. The smallest absolute Gasteiger partial charge is 0.342 e. The Morgan fingerprint density at radius 2 is 2.40 bits per heavy atom. The molecule has 0 saturated heterocycles. The van der Waals surface area contributed by atoms with Crippen molar-refractivity contribution >= 4 is 17.5 Å². The predicted molar refractivity (Wildman–Crippen MR) is 72.1 cm³/mol. The van der Waals surface area contributed by atoms with Crippen LogP contribution in [0.25, 0.3) is 0 Å². The first-order valence-corrected chi connectivity index (χ1v) is 5.73. The van der Waals surface area contributed by atoms with Crippen molar-refractivity contribution in [1.29, 1.82) is 0 Å². The average molecular weight is 281 g/mol. The van der Waals surface area contributed by atoms with Gasteiger partial charge < -0.3 is 14.7 Å². The molecule has 108 valence electrons. The van der Waals surface area contributed by atoms with E-state index in [-0.39, 0.29) is 0 Å². The molecular formula is C12H15N3O5. The van der Waals surface area contributed by atoms with E-state index in [9.17, 15) is 14.9 Å². The highest BCUT2D eigenvalue weighted by Crippen LogP contribution is 2.22. The molecule has 1 N–H and O–H groups in total. The van der Waals surface area contributed by atoms with Gasteiger partial charge in [0.2, 0.25) is 0 Å². The number of ether oxygens (including phenoxy) is 1. The van der Waals surface area contributed by atoms with Crippen molar-refractivity contribution in [1.82, 2.24) is 4.98 Å². The lowest BCUT2D eigenvalue weighted by atomic mass is 10.2. The molecule has 0 aliphatic carbocycles. The molecule has 20 heavy (non-hydrogen) atoms. The van der Waals surface area contributed by atoms with E-state index < -0.39 is 22.1 Å². The number of anilines is 1. The summed E-state index contributed by atoms with van der Waals surface area (Å²) in [6, 6.07) is 1.18.